The average molecular weight is 314 g/mol. The SMILES string of the molecule is CCNCCc1cc(OC)ccc1S(=O)(=O)N(C)C(C)C. The zero-order chi connectivity index (χ0) is 16.0. The number of methoxy groups -OCH3 is 1. The lowest BCUT2D eigenvalue weighted by molar-refractivity contribution is 0.407. The van der Waals surface area contributed by atoms with Crippen molar-refractivity contribution in [1.29, 1.82) is 0 Å². The van der Waals surface area contributed by atoms with Gasteiger partial charge >= 0.3 is 0 Å². The van der Waals surface area contributed by atoms with Crippen molar-refractivity contribution in [3.63, 3.8) is 0 Å². The van der Waals surface area contributed by atoms with Crippen LogP contribution in [0, 0.1) is 0 Å². The third kappa shape index (κ3) is 4.43. The van der Waals surface area contributed by atoms with E-state index in [9.17, 15) is 8.42 Å². The minimum absolute atomic E-state index is 0.0845. The molecule has 0 amide bonds. The molecule has 0 unspecified atom stereocenters. The summed E-state index contributed by atoms with van der Waals surface area (Å²) in [6, 6.07) is 5.04. The average Bonchev–Trinajstić information content (AvgIpc) is 2.46. The van der Waals surface area contributed by atoms with Gasteiger partial charge in [0, 0.05) is 13.1 Å². The van der Waals surface area contributed by atoms with Crippen LogP contribution >= 0.6 is 0 Å². The van der Waals surface area contributed by atoms with E-state index in [2.05, 4.69) is 5.32 Å². The van der Waals surface area contributed by atoms with Crippen LogP contribution in [0.5, 0.6) is 5.75 Å². The Hall–Kier alpha value is -1.11. The van der Waals surface area contributed by atoms with E-state index in [1.54, 1.807) is 32.4 Å². The summed E-state index contributed by atoms with van der Waals surface area (Å²) in [5, 5.41) is 3.22. The van der Waals surface area contributed by atoms with Gasteiger partial charge in [-0.15, -0.1) is 0 Å². The van der Waals surface area contributed by atoms with Gasteiger partial charge in [-0.25, -0.2) is 8.42 Å². The van der Waals surface area contributed by atoms with E-state index in [1.807, 2.05) is 20.8 Å². The van der Waals surface area contributed by atoms with Gasteiger partial charge in [0.15, 0.2) is 0 Å². The Morgan fingerprint density at radius 3 is 2.52 bits per heavy atom. The first-order valence-corrected chi connectivity index (χ1v) is 8.64. The van der Waals surface area contributed by atoms with Gasteiger partial charge < -0.3 is 10.1 Å². The van der Waals surface area contributed by atoms with Crippen molar-refractivity contribution in [1.82, 2.24) is 9.62 Å². The van der Waals surface area contributed by atoms with E-state index in [0.717, 1.165) is 18.7 Å². The van der Waals surface area contributed by atoms with Crippen LogP contribution in [-0.2, 0) is 16.4 Å². The van der Waals surface area contributed by atoms with E-state index < -0.39 is 10.0 Å². The van der Waals surface area contributed by atoms with Crippen molar-refractivity contribution in [2.45, 2.75) is 38.1 Å². The summed E-state index contributed by atoms with van der Waals surface area (Å²) in [4.78, 5) is 0.359. The Kier molecular flexibility index (Phi) is 6.64. The third-order valence-corrected chi connectivity index (χ3v) is 5.61. The molecule has 120 valence electrons. The molecular formula is C15H26N2O3S. The molecule has 0 aliphatic heterocycles. The molecule has 0 saturated heterocycles. The fraction of sp³-hybridized carbons (Fsp3) is 0.600. The molecular weight excluding hydrogens is 288 g/mol. The highest BCUT2D eigenvalue weighted by Gasteiger charge is 2.25. The predicted molar refractivity (Wildman–Crippen MR) is 85.3 cm³/mol. The van der Waals surface area contributed by atoms with E-state index >= 15 is 0 Å². The second kappa shape index (κ2) is 7.77. The van der Waals surface area contributed by atoms with Gasteiger partial charge in [0.25, 0.3) is 0 Å². The van der Waals surface area contributed by atoms with Crippen LogP contribution in [-0.4, -0.2) is 46.0 Å². The molecule has 0 atom stereocenters. The summed E-state index contributed by atoms with van der Waals surface area (Å²) in [5.74, 6) is 0.674. The first-order chi connectivity index (χ1) is 9.84. The summed E-state index contributed by atoms with van der Waals surface area (Å²) in [6.45, 7) is 7.34. The molecule has 5 nitrogen and oxygen atoms in total. The molecule has 1 N–H and O–H groups in total. The lowest BCUT2D eigenvalue weighted by Gasteiger charge is -2.23. The Morgan fingerprint density at radius 2 is 2.00 bits per heavy atom. The van der Waals surface area contributed by atoms with Crippen LogP contribution in [0.4, 0.5) is 0 Å². The largest absolute Gasteiger partial charge is 0.497 e. The lowest BCUT2D eigenvalue weighted by Crippen LogP contribution is -2.33. The molecule has 0 fully saturated rings. The molecule has 1 aromatic carbocycles. The summed E-state index contributed by atoms with van der Waals surface area (Å²) in [7, 11) is -0.290. The standard InChI is InChI=1S/C15H26N2O3S/c1-6-16-10-9-13-11-14(20-5)7-8-15(13)21(18,19)17(4)12(2)3/h7-8,11-12,16H,6,9-10H2,1-5H3. The second-order valence-electron chi connectivity index (χ2n) is 5.19. The monoisotopic (exact) mass is 314 g/mol. The first kappa shape index (κ1) is 17.9. The number of ether oxygens (including phenoxy) is 1. The van der Waals surface area contributed by atoms with Crippen molar-refractivity contribution < 1.29 is 13.2 Å². The number of nitrogens with one attached hydrogen (secondary N) is 1. The lowest BCUT2D eigenvalue weighted by atomic mass is 10.1. The van der Waals surface area contributed by atoms with Crippen LogP contribution in [0.1, 0.15) is 26.3 Å². The molecule has 0 aliphatic rings. The smallest absolute Gasteiger partial charge is 0.243 e. The summed E-state index contributed by atoms with van der Waals surface area (Å²) >= 11 is 0. The van der Waals surface area contributed by atoms with Gasteiger partial charge in [-0.1, -0.05) is 6.92 Å². The number of hydrogen-bond acceptors (Lipinski definition) is 4. The molecule has 1 rings (SSSR count). The molecule has 0 spiro atoms. The van der Waals surface area contributed by atoms with Gasteiger partial charge in [-0.3, -0.25) is 0 Å². The number of likely N-dealkylation sites (N-methyl/N-ethyl adjacent to an activating group) is 1. The summed E-state index contributed by atoms with van der Waals surface area (Å²) in [6.07, 6.45) is 0.644. The maximum absolute atomic E-state index is 12.7. The van der Waals surface area contributed by atoms with Gasteiger partial charge in [0.1, 0.15) is 5.75 Å². The van der Waals surface area contributed by atoms with Gasteiger partial charge in [-0.05, 0) is 57.1 Å². The van der Waals surface area contributed by atoms with Crippen molar-refractivity contribution >= 4 is 10.0 Å². The van der Waals surface area contributed by atoms with Crippen molar-refractivity contribution in [2.75, 3.05) is 27.2 Å². The maximum Gasteiger partial charge on any atom is 0.243 e. The van der Waals surface area contributed by atoms with E-state index in [0.29, 0.717) is 17.1 Å². The van der Waals surface area contributed by atoms with E-state index in [1.165, 1.54) is 4.31 Å². The van der Waals surface area contributed by atoms with Gasteiger partial charge in [0.2, 0.25) is 10.0 Å². The Labute approximate surface area is 128 Å². The minimum Gasteiger partial charge on any atom is -0.497 e. The number of sulfonamides is 1. The fourth-order valence-electron chi connectivity index (χ4n) is 1.96. The van der Waals surface area contributed by atoms with Gasteiger partial charge in [0.05, 0.1) is 12.0 Å². The number of nitrogens with zero attached hydrogens (tertiary/aromatic N) is 1. The number of hydrogen-bond donors (Lipinski definition) is 1. The highest BCUT2D eigenvalue weighted by molar-refractivity contribution is 7.89. The topological polar surface area (TPSA) is 58.6 Å². The molecule has 0 aromatic heterocycles. The Balaban J connectivity index is 3.21. The van der Waals surface area contributed by atoms with Crippen molar-refractivity contribution in [3.8, 4) is 5.75 Å². The predicted octanol–water partition coefficient (Wildman–Crippen LogP) is 1.88. The summed E-state index contributed by atoms with van der Waals surface area (Å²) < 4.78 is 32.0. The Bertz CT molecular complexity index is 556. The highest BCUT2D eigenvalue weighted by Crippen LogP contribution is 2.25. The number of benzene rings is 1. The molecule has 0 aliphatic carbocycles. The van der Waals surface area contributed by atoms with E-state index in [-0.39, 0.29) is 6.04 Å². The van der Waals surface area contributed by atoms with Crippen molar-refractivity contribution in [2.24, 2.45) is 0 Å². The number of rotatable bonds is 8. The molecule has 0 bridgehead atoms. The normalized spacial score (nSPS) is 12.1. The molecule has 0 radical (unpaired) electrons. The highest BCUT2D eigenvalue weighted by atomic mass is 32.2. The molecule has 6 heteroatoms. The first-order valence-electron chi connectivity index (χ1n) is 7.20. The van der Waals surface area contributed by atoms with Crippen LogP contribution in [0.2, 0.25) is 0 Å². The van der Waals surface area contributed by atoms with Gasteiger partial charge in [-0.2, -0.15) is 4.31 Å². The fourth-order valence-corrected chi connectivity index (χ4v) is 3.56. The zero-order valence-electron chi connectivity index (χ0n) is 13.5. The summed E-state index contributed by atoms with van der Waals surface area (Å²) in [5.41, 5.74) is 0.780. The quantitative estimate of drug-likeness (QED) is 0.744. The molecule has 1 aromatic rings. The Morgan fingerprint density at radius 1 is 1.33 bits per heavy atom. The molecule has 0 saturated carbocycles. The minimum atomic E-state index is -3.48. The maximum atomic E-state index is 12.7. The third-order valence-electron chi connectivity index (χ3n) is 3.47. The van der Waals surface area contributed by atoms with Crippen molar-refractivity contribution in [3.05, 3.63) is 23.8 Å². The van der Waals surface area contributed by atoms with Crippen LogP contribution < -0.4 is 10.1 Å². The van der Waals surface area contributed by atoms with Crippen LogP contribution in [0.3, 0.4) is 0 Å². The zero-order valence-corrected chi connectivity index (χ0v) is 14.3. The van der Waals surface area contributed by atoms with Crippen LogP contribution in [0.25, 0.3) is 0 Å². The van der Waals surface area contributed by atoms with Crippen LogP contribution in [0.15, 0.2) is 23.1 Å². The molecule has 21 heavy (non-hydrogen) atoms. The second-order valence-corrected chi connectivity index (χ2v) is 7.16. The molecule has 0 heterocycles. The van der Waals surface area contributed by atoms with E-state index in [4.69, 9.17) is 4.74 Å².